The Balaban J connectivity index is 1.83. The zero-order chi connectivity index (χ0) is 15.5. The second-order valence-corrected chi connectivity index (χ2v) is 6.77. The highest BCUT2D eigenvalue weighted by Crippen LogP contribution is 2.45. The van der Waals surface area contributed by atoms with Gasteiger partial charge in [-0.15, -0.1) is 0 Å². The normalized spacial score (nSPS) is 16.2. The molecule has 1 aromatic rings. The zero-order valence-electron chi connectivity index (χ0n) is 11.2. The minimum absolute atomic E-state index is 0.0221. The van der Waals surface area contributed by atoms with Crippen molar-refractivity contribution >= 4 is 21.9 Å². The van der Waals surface area contributed by atoms with Crippen LogP contribution in [0.1, 0.15) is 12.8 Å². The van der Waals surface area contributed by atoms with Crippen molar-refractivity contribution in [1.29, 1.82) is 0 Å². The van der Waals surface area contributed by atoms with Gasteiger partial charge in [0, 0.05) is 6.54 Å². The topological polar surface area (TPSA) is 113 Å². The highest BCUT2D eigenvalue weighted by atomic mass is 32.2. The maximum Gasteiger partial charge on any atom is 0.311 e. The molecule has 0 saturated heterocycles. The summed E-state index contributed by atoms with van der Waals surface area (Å²) in [6, 6.07) is 7.69. The third kappa shape index (κ3) is 3.79. The predicted molar refractivity (Wildman–Crippen MR) is 73.9 cm³/mol. The van der Waals surface area contributed by atoms with Gasteiger partial charge in [0.15, 0.2) is 0 Å². The van der Waals surface area contributed by atoms with E-state index in [4.69, 9.17) is 5.11 Å². The van der Waals surface area contributed by atoms with Gasteiger partial charge in [-0.1, -0.05) is 18.2 Å². The first-order valence-electron chi connectivity index (χ1n) is 6.41. The van der Waals surface area contributed by atoms with Gasteiger partial charge in [0.2, 0.25) is 15.9 Å². The largest absolute Gasteiger partial charge is 0.481 e. The van der Waals surface area contributed by atoms with Crippen LogP contribution in [0.4, 0.5) is 0 Å². The lowest BCUT2D eigenvalue weighted by Gasteiger charge is -2.11. The van der Waals surface area contributed by atoms with Gasteiger partial charge >= 0.3 is 5.97 Å². The monoisotopic (exact) mass is 312 g/mol. The molecule has 1 aliphatic carbocycles. The van der Waals surface area contributed by atoms with E-state index in [1.807, 2.05) is 0 Å². The van der Waals surface area contributed by atoms with Gasteiger partial charge in [0.05, 0.1) is 16.9 Å². The Morgan fingerprint density at radius 2 is 1.81 bits per heavy atom. The van der Waals surface area contributed by atoms with E-state index in [0.29, 0.717) is 12.8 Å². The molecule has 8 heteroatoms. The van der Waals surface area contributed by atoms with Crippen LogP contribution in [0.5, 0.6) is 0 Å². The van der Waals surface area contributed by atoms with Crippen LogP contribution >= 0.6 is 0 Å². The van der Waals surface area contributed by atoms with Crippen LogP contribution in [0.25, 0.3) is 0 Å². The van der Waals surface area contributed by atoms with Crippen molar-refractivity contribution in [3.63, 3.8) is 0 Å². The standard InChI is InChI=1S/C13H16N2O5S/c16-11(14-9-13(6-7-13)12(17)18)8-15-21(19,20)10-4-2-1-3-5-10/h1-5,15H,6-9H2,(H,14,16)(H,17,18). The fourth-order valence-electron chi connectivity index (χ4n) is 1.79. The van der Waals surface area contributed by atoms with Crippen molar-refractivity contribution < 1.29 is 23.1 Å². The highest BCUT2D eigenvalue weighted by molar-refractivity contribution is 7.89. The molecule has 2 rings (SSSR count). The van der Waals surface area contributed by atoms with Crippen LogP contribution in [-0.2, 0) is 19.6 Å². The second kappa shape index (κ2) is 5.82. The van der Waals surface area contributed by atoms with Crippen molar-refractivity contribution in [2.24, 2.45) is 5.41 Å². The van der Waals surface area contributed by atoms with E-state index in [2.05, 4.69) is 10.0 Å². The van der Waals surface area contributed by atoms with E-state index in [9.17, 15) is 18.0 Å². The number of rotatable bonds is 7. The number of carbonyl (C=O) groups excluding carboxylic acids is 1. The van der Waals surface area contributed by atoms with E-state index >= 15 is 0 Å². The summed E-state index contributed by atoms with van der Waals surface area (Å²) in [5, 5.41) is 11.4. The number of carbonyl (C=O) groups is 2. The Bertz CT molecular complexity index is 638. The third-order valence-corrected chi connectivity index (χ3v) is 4.82. The summed E-state index contributed by atoms with van der Waals surface area (Å²) in [7, 11) is -3.74. The molecule has 0 atom stereocenters. The van der Waals surface area contributed by atoms with E-state index in [0.717, 1.165) is 0 Å². The molecule has 0 bridgehead atoms. The molecule has 114 valence electrons. The van der Waals surface area contributed by atoms with Gasteiger partial charge in [0.1, 0.15) is 0 Å². The average molecular weight is 312 g/mol. The van der Waals surface area contributed by atoms with Gasteiger partial charge in [-0.25, -0.2) is 13.1 Å². The number of hydrogen-bond donors (Lipinski definition) is 3. The molecule has 1 saturated carbocycles. The summed E-state index contributed by atoms with van der Waals surface area (Å²) in [6.07, 6.45) is 1.05. The Morgan fingerprint density at radius 3 is 2.33 bits per heavy atom. The van der Waals surface area contributed by atoms with Gasteiger partial charge in [0.25, 0.3) is 0 Å². The Hall–Kier alpha value is -1.93. The second-order valence-electron chi connectivity index (χ2n) is 5.00. The van der Waals surface area contributed by atoms with E-state index in [1.54, 1.807) is 18.2 Å². The van der Waals surface area contributed by atoms with Crippen molar-refractivity contribution in [2.75, 3.05) is 13.1 Å². The summed E-state index contributed by atoms with van der Waals surface area (Å²) in [5.74, 6) is -1.49. The molecule has 1 aliphatic rings. The first-order valence-corrected chi connectivity index (χ1v) is 7.89. The molecule has 0 radical (unpaired) electrons. The van der Waals surface area contributed by atoms with Crippen molar-refractivity contribution in [3.05, 3.63) is 30.3 Å². The van der Waals surface area contributed by atoms with Crippen molar-refractivity contribution in [1.82, 2.24) is 10.0 Å². The molecule has 0 aliphatic heterocycles. The quantitative estimate of drug-likeness (QED) is 0.653. The fraction of sp³-hybridized carbons (Fsp3) is 0.385. The average Bonchev–Trinajstić information content (AvgIpc) is 3.25. The number of aliphatic carboxylic acids is 1. The number of carboxylic acid groups (broad SMARTS) is 1. The lowest BCUT2D eigenvalue weighted by atomic mass is 10.1. The summed E-state index contributed by atoms with van der Waals surface area (Å²) in [5.41, 5.74) is -0.867. The summed E-state index contributed by atoms with van der Waals surface area (Å²) in [6.45, 7) is -0.402. The zero-order valence-corrected chi connectivity index (χ0v) is 12.0. The number of benzene rings is 1. The molecule has 0 spiro atoms. The molecule has 0 aromatic heterocycles. The molecule has 0 unspecified atom stereocenters. The molecule has 1 amide bonds. The molecule has 1 fully saturated rings. The summed E-state index contributed by atoms with van der Waals surface area (Å²) < 4.78 is 25.9. The van der Waals surface area contributed by atoms with E-state index < -0.39 is 33.9 Å². The molecule has 0 heterocycles. The van der Waals surface area contributed by atoms with Gasteiger partial charge in [-0.2, -0.15) is 0 Å². The third-order valence-electron chi connectivity index (χ3n) is 3.41. The molecule has 21 heavy (non-hydrogen) atoms. The number of nitrogens with one attached hydrogen (secondary N) is 2. The smallest absolute Gasteiger partial charge is 0.311 e. The minimum atomic E-state index is -3.74. The molecule has 3 N–H and O–H groups in total. The van der Waals surface area contributed by atoms with Crippen molar-refractivity contribution in [2.45, 2.75) is 17.7 Å². The Kier molecular flexibility index (Phi) is 4.29. The van der Waals surface area contributed by atoms with Crippen LogP contribution < -0.4 is 10.0 Å². The Morgan fingerprint density at radius 1 is 1.19 bits per heavy atom. The number of amides is 1. The molecular formula is C13H16N2O5S. The maximum atomic E-state index is 11.9. The van der Waals surface area contributed by atoms with Gasteiger partial charge < -0.3 is 10.4 Å². The SMILES string of the molecule is O=C(CNS(=O)(=O)c1ccccc1)NCC1(C(=O)O)CC1. The molecular weight excluding hydrogens is 296 g/mol. The number of carboxylic acids is 1. The van der Waals surface area contributed by atoms with Gasteiger partial charge in [-0.05, 0) is 25.0 Å². The van der Waals surface area contributed by atoms with Gasteiger partial charge in [-0.3, -0.25) is 9.59 Å². The maximum absolute atomic E-state index is 11.9. The highest BCUT2D eigenvalue weighted by Gasteiger charge is 2.50. The molecule has 7 nitrogen and oxygen atoms in total. The van der Waals surface area contributed by atoms with Crippen LogP contribution in [0, 0.1) is 5.41 Å². The fourth-order valence-corrected chi connectivity index (χ4v) is 2.79. The molecule has 1 aromatic carbocycles. The summed E-state index contributed by atoms with van der Waals surface area (Å²) >= 11 is 0. The van der Waals surface area contributed by atoms with Crippen LogP contribution in [0.3, 0.4) is 0 Å². The lowest BCUT2D eigenvalue weighted by Crippen LogP contribution is -2.40. The summed E-state index contributed by atoms with van der Waals surface area (Å²) in [4.78, 5) is 22.6. The lowest BCUT2D eigenvalue weighted by molar-refractivity contribution is -0.143. The van der Waals surface area contributed by atoms with Crippen LogP contribution in [0.2, 0.25) is 0 Å². The minimum Gasteiger partial charge on any atom is -0.481 e. The number of hydrogen-bond acceptors (Lipinski definition) is 4. The number of sulfonamides is 1. The van der Waals surface area contributed by atoms with Crippen LogP contribution in [-0.4, -0.2) is 38.5 Å². The predicted octanol–water partition coefficient (Wildman–Crippen LogP) is -0.0541. The first kappa shape index (κ1) is 15.5. The Labute approximate surface area is 122 Å². The van der Waals surface area contributed by atoms with E-state index in [1.165, 1.54) is 12.1 Å². The van der Waals surface area contributed by atoms with Crippen LogP contribution in [0.15, 0.2) is 35.2 Å². The first-order chi connectivity index (χ1) is 9.86. The van der Waals surface area contributed by atoms with Crippen molar-refractivity contribution in [3.8, 4) is 0 Å². The van der Waals surface area contributed by atoms with E-state index in [-0.39, 0.29) is 11.4 Å².